The Bertz CT molecular complexity index is 1150. The predicted molar refractivity (Wildman–Crippen MR) is 135 cm³/mol. The lowest BCUT2D eigenvalue weighted by Crippen LogP contribution is -2.49. The van der Waals surface area contributed by atoms with Crippen molar-refractivity contribution in [2.24, 2.45) is 0 Å². The van der Waals surface area contributed by atoms with E-state index in [1.165, 1.54) is 0 Å². The second kappa shape index (κ2) is 12.2. The maximum atomic E-state index is 12.7. The van der Waals surface area contributed by atoms with E-state index in [4.69, 9.17) is 21.7 Å². The van der Waals surface area contributed by atoms with Gasteiger partial charge in [-0.05, 0) is 48.3 Å². The lowest BCUT2D eigenvalue weighted by molar-refractivity contribution is -0.123. The summed E-state index contributed by atoms with van der Waals surface area (Å²) in [6.07, 6.45) is 1.86. The van der Waals surface area contributed by atoms with Crippen molar-refractivity contribution in [1.29, 1.82) is 0 Å². The van der Waals surface area contributed by atoms with Crippen molar-refractivity contribution in [2.75, 3.05) is 13.2 Å². The molecule has 172 valence electrons. The molecule has 0 aromatic heterocycles. The summed E-state index contributed by atoms with van der Waals surface area (Å²) in [5, 5.41) is 4.40. The summed E-state index contributed by atoms with van der Waals surface area (Å²) in [4.78, 5) is 24.8. The zero-order valence-corrected chi connectivity index (χ0v) is 20.4. The molecule has 7 nitrogen and oxygen atoms in total. The molecule has 0 saturated heterocycles. The van der Waals surface area contributed by atoms with Gasteiger partial charge in [-0.1, -0.05) is 65.7 Å². The van der Waals surface area contributed by atoms with E-state index in [9.17, 15) is 9.59 Å². The first-order valence-corrected chi connectivity index (χ1v) is 11.6. The van der Waals surface area contributed by atoms with Crippen molar-refractivity contribution in [3.63, 3.8) is 0 Å². The number of hydrogen-bond donors (Lipinski definition) is 3. The SMILES string of the molecule is CCCCOc1ccc(Br)cc1C(=O)NC(=S)NNC(=O)COc1cccc2ccccc12. The number of hydrogen-bond acceptors (Lipinski definition) is 5. The number of halogens is 1. The molecule has 0 bridgehead atoms. The van der Waals surface area contributed by atoms with E-state index in [-0.39, 0.29) is 11.7 Å². The Morgan fingerprint density at radius 2 is 1.76 bits per heavy atom. The maximum absolute atomic E-state index is 12.7. The number of unbranched alkanes of at least 4 members (excludes halogenated alkanes) is 1. The van der Waals surface area contributed by atoms with Gasteiger partial charge in [-0.2, -0.15) is 0 Å². The minimum Gasteiger partial charge on any atom is -0.493 e. The number of nitrogens with one attached hydrogen (secondary N) is 3. The number of benzene rings is 3. The minimum atomic E-state index is -0.457. The molecule has 0 aliphatic heterocycles. The van der Waals surface area contributed by atoms with E-state index in [2.05, 4.69) is 39.0 Å². The van der Waals surface area contributed by atoms with Crippen LogP contribution in [0.5, 0.6) is 11.5 Å². The normalized spacial score (nSPS) is 10.4. The van der Waals surface area contributed by atoms with Crippen LogP contribution in [-0.4, -0.2) is 30.1 Å². The van der Waals surface area contributed by atoms with Crippen molar-refractivity contribution >= 4 is 55.8 Å². The number of rotatable bonds is 8. The molecule has 0 aliphatic carbocycles. The van der Waals surface area contributed by atoms with E-state index in [1.54, 1.807) is 24.3 Å². The van der Waals surface area contributed by atoms with Gasteiger partial charge in [-0.3, -0.25) is 25.8 Å². The third-order valence-corrected chi connectivity index (χ3v) is 5.29. The van der Waals surface area contributed by atoms with E-state index >= 15 is 0 Å². The fraction of sp³-hybridized carbons (Fsp3) is 0.208. The Kier molecular flexibility index (Phi) is 9.03. The van der Waals surface area contributed by atoms with Crippen LogP contribution in [0.3, 0.4) is 0 Å². The van der Waals surface area contributed by atoms with Gasteiger partial charge in [0.25, 0.3) is 11.8 Å². The minimum absolute atomic E-state index is 0.0574. The standard InChI is InChI=1S/C24H24BrN3O4S/c1-2-3-13-31-21-12-11-17(25)14-19(21)23(30)26-24(33)28-27-22(29)15-32-20-10-6-8-16-7-4-5-9-18(16)20/h4-12,14H,2-3,13,15H2,1H3,(H,27,29)(H2,26,28,30,33). The molecule has 0 atom stereocenters. The molecule has 0 heterocycles. The quantitative estimate of drug-likeness (QED) is 0.226. The lowest BCUT2D eigenvalue weighted by atomic mass is 10.1. The molecule has 0 aliphatic rings. The van der Waals surface area contributed by atoms with Gasteiger partial charge in [-0.15, -0.1) is 0 Å². The molecule has 0 saturated carbocycles. The van der Waals surface area contributed by atoms with Crippen LogP contribution in [0.4, 0.5) is 0 Å². The Labute approximate surface area is 205 Å². The number of carbonyl (C=O) groups excluding carboxylic acids is 2. The zero-order chi connectivity index (χ0) is 23.6. The average Bonchev–Trinajstić information content (AvgIpc) is 2.82. The molecule has 33 heavy (non-hydrogen) atoms. The van der Waals surface area contributed by atoms with Crippen molar-refractivity contribution in [3.8, 4) is 11.5 Å². The summed E-state index contributed by atoms with van der Waals surface area (Å²) in [7, 11) is 0. The van der Waals surface area contributed by atoms with Crippen molar-refractivity contribution in [3.05, 3.63) is 70.7 Å². The number of carbonyl (C=O) groups is 2. The highest BCUT2D eigenvalue weighted by atomic mass is 79.9. The molecule has 0 spiro atoms. The largest absolute Gasteiger partial charge is 0.493 e. The summed E-state index contributed by atoms with van der Waals surface area (Å²) < 4.78 is 12.1. The van der Waals surface area contributed by atoms with Crippen LogP contribution in [-0.2, 0) is 4.79 Å². The van der Waals surface area contributed by atoms with Crippen LogP contribution in [0.25, 0.3) is 10.8 Å². The fourth-order valence-corrected chi connectivity index (χ4v) is 3.47. The Morgan fingerprint density at radius 3 is 2.58 bits per heavy atom. The number of hydrazine groups is 1. The topological polar surface area (TPSA) is 88.7 Å². The molecule has 0 unspecified atom stereocenters. The summed E-state index contributed by atoms with van der Waals surface area (Å²) in [5.74, 6) is 0.149. The highest BCUT2D eigenvalue weighted by Crippen LogP contribution is 2.25. The fourth-order valence-electron chi connectivity index (χ4n) is 2.96. The van der Waals surface area contributed by atoms with Gasteiger partial charge in [0.05, 0.1) is 12.2 Å². The van der Waals surface area contributed by atoms with Crippen LogP contribution in [0.15, 0.2) is 65.1 Å². The zero-order valence-electron chi connectivity index (χ0n) is 18.0. The number of fused-ring (bicyclic) bond motifs is 1. The highest BCUT2D eigenvalue weighted by molar-refractivity contribution is 9.10. The van der Waals surface area contributed by atoms with E-state index in [0.29, 0.717) is 23.7 Å². The van der Waals surface area contributed by atoms with Gasteiger partial charge in [0, 0.05) is 9.86 Å². The smallest absolute Gasteiger partial charge is 0.276 e. The molecule has 3 aromatic carbocycles. The summed E-state index contributed by atoms with van der Waals surface area (Å²) in [5.41, 5.74) is 5.25. The molecule has 0 radical (unpaired) electrons. The van der Waals surface area contributed by atoms with Gasteiger partial charge in [-0.25, -0.2) is 0 Å². The van der Waals surface area contributed by atoms with E-state index < -0.39 is 11.8 Å². The van der Waals surface area contributed by atoms with Crippen LogP contribution < -0.4 is 25.6 Å². The summed E-state index contributed by atoms with van der Waals surface area (Å²) in [6.45, 7) is 2.34. The highest BCUT2D eigenvalue weighted by Gasteiger charge is 2.15. The average molecular weight is 530 g/mol. The van der Waals surface area contributed by atoms with Gasteiger partial charge in [0.2, 0.25) is 0 Å². The van der Waals surface area contributed by atoms with Crippen LogP contribution >= 0.6 is 28.1 Å². The molecular weight excluding hydrogens is 506 g/mol. The summed E-state index contributed by atoms with van der Waals surface area (Å²) >= 11 is 8.48. The second-order valence-electron chi connectivity index (χ2n) is 7.06. The summed E-state index contributed by atoms with van der Waals surface area (Å²) in [6, 6.07) is 18.5. The van der Waals surface area contributed by atoms with Crippen LogP contribution in [0, 0.1) is 0 Å². The predicted octanol–water partition coefficient (Wildman–Crippen LogP) is 4.50. The van der Waals surface area contributed by atoms with E-state index in [1.807, 2.05) is 36.4 Å². The van der Waals surface area contributed by atoms with E-state index in [0.717, 1.165) is 28.1 Å². The molecule has 3 N–H and O–H groups in total. The molecule has 3 rings (SSSR count). The molecule has 9 heteroatoms. The molecule has 0 fully saturated rings. The van der Waals surface area contributed by atoms with Crippen molar-refractivity contribution < 1.29 is 19.1 Å². The number of ether oxygens (including phenoxy) is 2. The van der Waals surface area contributed by atoms with Crippen molar-refractivity contribution in [2.45, 2.75) is 19.8 Å². The first-order valence-electron chi connectivity index (χ1n) is 10.4. The van der Waals surface area contributed by atoms with Gasteiger partial charge < -0.3 is 9.47 Å². The number of thiocarbonyl (C=S) groups is 1. The number of amides is 2. The Balaban J connectivity index is 1.50. The van der Waals surface area contributed by atoms with Crippen LogP contribution in [0.1, 0.15) is 30.1 Å². The maximum Gasteiger partial charge on any atom is 0.276 e. The Hall–Kier alpha value is -3.17. The lowest BCUT2D eigenvalue weighted by Gasteiger charge is -2.14. The van der Waals surface area contributed by atoms with Crippen molar-refractivity contribution in [1.82, 2.24) is 16.2 Å². The van der Waals surface area contributed by atoms with Gasteiger partial charge in [0.1, 0.15) is 11.5 Å². The monoisotopic (exact) mass is 529 g/mol. The third kappa shape index (κ3) is 7.16. The van der Waals surface area contributed by atoms with Gasteiger partial charge in [0.15, 0.2) is 11.7 Å². The first-order chi connectivity index (χ1) is 16.0. The van der Waals surface area contributed by atoms with Gasteiger partial charge >= 0.3 is 0 Å². The van der Waals surface area contributed by atoms with Crippen LogP contribution in [0.2, 0.25) is 0 Å². The second-order valence-corrected chi connectivity index (χ2v) is 8.39. The first kappa shape index (κ1) is 24.5. The third-order valence-electron chi connectivity index (χ3n) is 4.59. The molecular formula is C24H24BrN3O4S. The molecule has 2 amide bonds. The Morgan fingerprint density at radius 1 is 0.970 bits per heavy atom. The molecule has 3 aromatic rings.